The first-order chi connectivity index (χ1) is 7.63. The maximum Gasteiger partial charge on any atom is 0.246 e. The van der Waals surface area contributed by atoms with Crippen molar-refractivity contribution in [2.45, 2.75) is 26.3 Å². The molecule has 1 aromatic rings. The highest BCUT2D eigenvalue weighted by molar-refractivity contribution is 5.96. The molecule has 0 fully saturated rings. The minimum atomic E-state index is -0.474. The fraction of sp³-hybridized carbons (Fsp3) is 0.333. The van der Waals surface area contributed by atoms with Crippen LogP contribution < -0.4 is 10.6 Å². The molecule has 0 aliphatic rings. The second kappa shape index (κ2) is 5.90. The lowest BCUT2D eigenvalue weighted by atomic mass is 10.2. The molecule has 1 unspecified atom stereocenters. The van der Waals surface area contributed by atoms with Gasteiger partial charge in [-0.15, -0.1) is 0 Å². The van der Waals surface area contributed by atoms with Gasteiger partial charge in [0, 0.05) is 12.6 Å². The molecule has 4 nitrogen and oxygen atoms in total. The third kappa shape index (κ3) is 3.73. The first kappa shape index (κ1) is 12.2. The second-order valence-electron chi connectivity index (χ2n) is 3.52. The molecular weight excluding hydrogens is 204 g/mol. The number of carbonyl (C=O) groups is 2. The van der Waals surface area contributed by atoms with Crippen molar-refractivity contribution in [1.82, 2.24) is 5.32 Å². The lowest BCUT2D eigenvalue weighted by Crippen LogP contribution is -2.42. The topological polar surface area (TPSA) is 58.2 Å². The summed E-state index contributed by atoms with van der Waals surface area (Å²) < 4.78 is 0. The molecule has 1 aromatic carbocycles. The molecule has 0 heterocycles. The lowest BCUT2D eigenvalue weighted by Gasteiger charge is -2.15. The number of anilines is 1. The minimum Gasteiger partial charge on any atom is -0.345 e. The number of hydrogen-bond donors (Lipinski definition) is 2. The zero-order valence-electron chi connectivity index (χ0n) is 9.49. The number of hydrogen-bond acceptors (Lipinski definition) is 2. The Morgan fingerprint density at radius 2 is 1.88 bits per heavy atom. The Morgan fingerprint density at radius 1 is 1.25 bits per heavy atom. The quantitative estimate of drug-likeness (QED) is 0.808. The van der Waals surface area contributed by atoms with E-state index in [1.54, 1.807) is 12.1 Å². The van der Waals surface area contributed by atoms with E-state index in [0.717, 1.165) is 5.69 Å². The molecule has 0 saturated carbocycles. The van der Waals surface area contributed by atoms with Gasteiger partial charge >= 0.3 is 0 Å². The van der Waals surface area contributed by atoms with Crippen LogP contribution in [0.3, 0.4) is 0 Å². The Hall–Kier alpha value is -1.84. The fourth-order valence-electron chi connectivity index (χ4n) is 1.35. The number of para-hydroxylation sites is 1. The third-order valence-corrected chi connectivity index (χ3v) is 2.14. The van der Waals surface area contributed by atoms with Gasteiger partial charge < -0.3 is 10.6 Å². The first-order valence-electron chi connectivity index (χ1n) is 5.26. The van der Waals surface area contributed by atoms with Crippen LogP contribution in [0.25, 0.3) is 0 Å². The van der Waals surface area contributed by atoms with Crippen molar-refractivity contribution in [2.24, 2.45) is 0 Å². The Labute approximate surface area is 95.0 Å². The van der Waals surface area contributed by atoms with Crippen LogP contribution in [0.15, 0.2) is 30.3 Å². The molecule has 1 atom stereocenters. The molecule has 0 bridgehead atoms. The van der Waals surface area contributed by atoms with Crippen LogP contribution in [0, 0.1) is 0 Å². The number of benzene rings is 1. The van der Waals surface area contributed by atoms with E-state index in [2.05, 4.69) is 10.6 Å². The van der Waals surface area contributed by atoms with Crippen molar-refractivity contribution in [1.29, 1.82) is 0 Å². The highest BCUT2D eigenvalue weighted by Crippen LogP contribution is 2.06. The summed E-state index contributed by atoms with van der Waals surface area (Å²) in [6, 6.07) is 8.69. The largest absolute Gasteiger partial charge is 0.345 e. The van der Waals surface area contributed by atoms with Crippen LogP contribution in [-0.4, -0.2) is 17.9 Å². The van der Waals surface area contributed by atoms with Gasteiger partial charge in [-0.3, -0.25) is 9.59 Å². The van der Waals surface area contributed by atoms with Gasteiger partial charge in [0.05, 0.1) is 0 Å². The summed E-state index contributed by atoms with van der Waals surface area (Å²) >= 11 is 0. The maximum atomic E-state index is 11.8. The standard InChI is InChI=1S/C12H16N2O2/c1-3-11(13-9(2)15)12(16)14-10-7-5-4-6-8-10/h4-8,11H,3H2,1-2H3,(H,13,15)(H,14,16). The van der Waals surface area contributed by atoms with Crippen molar-refractivity contribution >= 4 is 17.5 Å². The van der Waals surface area contributed by atoms with Crippen molar-refractivity contribution in [3.8, 4) is 0 Å². The molecule has 4 heteroatoms. The number of rotatable bonds is 4. The van der Waals surface area contributed by atoms with Crippen LogP contribution in [0.4, 0.5) is 5.69 Å². The average Bonchev–Trinajstić information content (AvgIpc) is 2.26. The van der Waals surface area contributed by atoms with Gasteiger partial charge in [-0.2, -0.15) is 0 Å². The Kier molecular flexibility index (Phi) is 4.51. The molecule has 86 valence electrons. The lowest BCUT2D eigenvalue weighted by molar-refractivity contribution is -0.125. The maximum absolute atomic E-state index is 11.8. The molecule has 0 saturated heterocycles. The molecule has 2 N–H and O–H groups in total. The van der Waals surface area contributed by atoms with Gasteiger partial charge in [0.2, 0.25) is 11.8 Å². The molecule has 1 rings (SSSR count). The van der Waals surface area contributed by atoms with Gasteiger partial charge in [-0.25, -0.2) is 0 Å². The van der Waals surface area contributed by atoms with E-state index in [9.17, 15) is 9.59 Å². The van der Waals surface area contributed by atoms with Gasteiger partial charge in [0.25, 0.3) is 0 Å². The molecule has 0 radical (unpaired) electrons. The van der Waals surface area contributed by atoms with E-state index in [1.807, 2.05) is 25.1 Å². The summed E-state index contributed by atoms with van der Waals surface area (Å²) in [5, 5.41) is 5.34. The van der Waals surface area contributed by atoms with Gasteiger partial charge in [-0.1, -0.05) is 25.1 Å². The van der Waals surface area contributed by atoms with Gasteiger partial charge in [0.15, 0.2) is 0 Å². The Balaban J connectivity index is 2.59. The van der Waals surface area contributed by atoms with Crippen LogP contribution in [0.1, 0.15) is 20.3 Å². The summed E-state index contributed by atoms with van der Waals surface area (Å²) in [6.07, 6.45) is 0.568. The third-order valence-electron chi connectivity index (χ3n) is 2.14. The van der Waals surface area contributed by atoms with E-state index in [4.69, 9.17) is 0 Å². The summed E-state index contributed by atoms with van der Waals surface area (Å²) in [4.78, 5) is 22.6. The van der Waals surface area contributed by atoms with E-state index in [-0.39, 0.29) is 11.8 Å². The Bertz CT molecular complexity index is 363. The molecule has 0 spiro atoms. The molecule has 16 heavy (non-hydrogen) atoms. The Morgan fingerprint density at radius 3 is 2.38 bits per heavy atom. The average molecular weight is 220 g/mol. The molecule has 2 amide bonds. The van der Waals surface area contributed by atoms with Gasteiger partial charge in [0.1, 0.15) is 6.04 Å². The number of amides is 2. The van der Waals surface area contributed by atoms with Crippen LogP contribution >= 0.6 is 0 Å². The van der Waals surface area contributed by atoms with Crippen molar-refractivity contribution in [3.63, 3.8) is 0 Å². The van der Waals surface area contributed by atoms with E-state index in [1.165, 1.54) is 6.92 Å². The monoisotopic (exact) mass is 220 g/mol. The van der Waals surface area contributed by atoms with E-state index >= 15 is 0 Å². The highest BCUT2D eigenvalue weighted by Gasteiger charge is 2.16. The summed E-state index contributed by atoms with van der Waals surface area (Å²) in [6.45, 7) is 3.25. The van der Waals surface area contributed by atoms with Crippen LogP contribution in [0.2, 0.25) is 0 Å². The summed E-state index contributed by atoms with van der Waals surface area (Å²) in [7, 11) is 0. The summed E-state index contributed by atoms with van der Waals surface area (Å²) in [5.74, 6) is -0.390. The highest BCUT2D eigenvalue weighted by atomic mass is 16.2. The van der Waals surface area contributed by atoms with Crippen LogP contribution in [-0.2, 0) is 9.59 Å². The molecule has 0 aliphatic heterocycles. The zero-order valence-corrected chi connectivity index (χ0v) is 9.49. The van der Waals surface area contributed by atoms with Crippen molar-refractivity contribution in [2.75, 3.05) is 5.32 Å². The molecule has 0 aromatic heterocycles. The van der Waals surface area contributed by atoms with E-state index in [0.29, 0.717) is 6.42 Å². The molecular formula is C12H16N2O2. The number of nitrogens with one attached hydrogen (secondary N) is 2. The predicted molar refractivity (Wildman–Crippen MR) is 63.0 cm³/mol. The SMILES string of the molecule is CCC(NC(C)=O)C(=O)Nc1ccccc1. The normalized spacial score (nSPS) is 11.6. The van der Waals surface area contributed by atoms with Crippen molar-refractivity contribution < 1.29 is 9.59 Å². The fourth-order valence-corrected chi connectivity index (χ4v) is 1.35. The summed E-state index contributed by atoms with van der Waals surface area (Å²) in [5.41, 5.74) is 0.733. The minimum absolute atomic E-state index is 0.191. The van der Waals surface area contributed by atoms with Crippen LogP contribution in [0.5, 0.6) is 0 Å². The molecule has 0 aliphatic carbocycles. The van der Waals surface area contributed by atoms with E-state index < -0.39 is 6.04 Å². The van der Waals surface area contributed by atoms with Crippen molar-refractivity contribution in [3.05, 3.63) is 30.3 Å². The predicted octanol–water partition coefficient (Wildman–Crippen LogP) is 1.54. The first-order valence-corrected chi connectivity index (χ1v) is 5.26. The van der Waals surface area contributed by atoms with Gasteiger partial charge in [-0.05, 0) is 18.6 Å². The second-order valence-corrected chi connectivity index (χ2v) is 3.52. The smallest absolute Gasteiger partial charge is 0.246 e. The zero-order chi connectivity index (χ0) is 12.0. The number of carbonyl (C=O) groups excluding carboxylic acids is 2.